The van der Waals surface area contributed by atoms with Crippen molar-refractivity contribution in [3.8, 4) is 0 Å². The highest BCUT2D eigenvalue weighted by atomic mass is 32.2. The number of hydrogen-bond donors (Lipinski definition) is 1. The molecule has 1 saturated heterocycles. The lowest BCUT2D eigenvalue weighted by atomic mass is 9.94. The molecule has 1 heterocycles. The molecule has 1 N–H and O–H groups in total. The average Bonchev–Trinajstić information content (AvgIpc) is 2.78. The molecule has 2 aromatic rings. The SMILES string of the molecule is CCc1cccc(N2C(=O)CN(S(=O)(=O)c3ccc(C)cc3)C[C@@]2(C)C(=O)NCCC(C)C)c1. The molecule has 1 fully saturated rings. The number of sulfonamides is 1. The van der Waals surface area contributed by atoms with Gasteiger partial charge in [-0.05, 0) is 62.4 Å². The van der Waals surface area contributed by atoms with E-state index in [1.165, 1.54) is 17.0 Å². The Morgan fingerprint density at radius 1 is 1.15 bits per heavy atom. The lowest BCUT2D eigenvalue weighted by Gasteiger charge is -2.46. The summed E-state index contributed by atoms with van der Waals surface area (Å²) in [5.41, 5.74) is 1.15. The summed E-state index contributed by atoms with van der Waals surface area (Å²) in [6.45, 7) is 9.65. The molecule has 0 radical (unpaired) electrons. The predicted octanol–water partition coefficient (Wildman–Crippen LogP) is 3.52. The number of hydrogen-bond acceptors (Lipinski definition) is 4. The molecule has 184 valence electrons. The second kappa shape index (κ2) is 10.3. The zero-order valence-corrected chi connectivity index (χ0v) is 21.5. The number of benzene rings is 2. The van der Waals surface area contributed by atoms with Crippen molar-refractivity contribution < 1.29 is 18.0 Å². The number of piperazine rings is 1. The van der Waals surface area contributed by atoms with Crippen LogP contribution in [-0.2, 0) is 26.0 Å². The molecule has 1 aliphatic heterocycles. The van der Waals surface area contributed by atoms with Gasteiger partial charge in [0.05, 0.1) is 11.4 Å². The van der Waals surface area contributed by atoms with Crippen LogP contribution in [0, 0.1) is 12.8 Å². The van der Waals surface area contributed by atoms with Crippen molar-refractivity contribution in [2.45, 2.75) is 57.9 Å². The van der Waals surface area contributed by atoms with Crippen molar-refractivity contribution in [2.24, 2.45) is 5.92 Å². The van der Waals surface area contributed by atoms with E-state index < -0.39 is 21.5 Å². The largest absolute Gasteiger partial charge is 0.354 e. The van der Waals surface area contributed by atoms with E-state index in [2.05, 4.69) is 19.2 Å². The maximum Gasteiger partial charge on any atom is 0.247 e. The Labute approximate surface area is 203 Å². The molecular formula is C26H35N3O4S. The van der Waals surface area contributed by atoms with Crippen LogP contribution in [0.5, 0.6) is 0 Å². The van der Waals surface area contributed by atoms with Crippen molar-refractivity contribution in [1.82, 2.24) is 9.62 Å². The highest BCUT2D eigenvalue weighted by molar-refractivity contribution is 7.89. The molecule has 0 bridgehead atoms. The van der Waals surface area contributed by atoms with E-state index >= 15 is 0 Å². The zero-order valence-electron chi connectivity index (χ0n) is 20.7. The number of rotatable bonds is 8. The van der Waals surface area contributed by atoms with E-state index in [0.29, 0.717) is 18.2 Å². The molecule has 1 aliphatic rings. The molecule has 2 aromatic carbocycles. The van der Waals surface area contributed by atoms with E-state index in [1.54, 1.807) is 25.1 Å². The van der Waals surface area contributed by atoms with Gasteiger partial charge in [0, 0.05) is 18.8 Å². The average molecular weight is 486 g/mol. The molecule has 7 nitrogen and oxygen atoms in total. The molecule has 1 atom stereocenters. The lowest BCUT2D eigenvalue weighted by Crippen LogP contribution is -2.70. The van der Waals surface area contributed by atoms with Crippen LogP contribution < -0.4 is 10.2 Å². The van der Waals surface area contributed by atoms with Gasteiger partial charge in [-0.25, -0.2) is 8.42 Å². The fourth-order valence-corrected chi connectivity index (χ4v) is 5.66. The summed E-state index contributed by atoms with van der Waals surface area (Å²) in [4.78, 5) is 28.6. The van der Waals surface area contributed by atoms with E-state index in [-0.39, 0.29) is 23.9 Å². The molecular weight excluding hydrogens is 450 g/mol. The minimum absolute atomic E-state index is 0.106. The van der Waals surface area contributed by atoms with Crippen LogP contribution in [0.4, 0.5) is 5.69 Å². The normalized spacial score (nSPS) is 19.5. The molecule has 0 aliphatic carbocycles. The molecule has 0 saturated carbocycles. The van der Waals surface area contributed by atoms with Crippen molar-refractivity contribution in [3.05, 3.63) is 59.7 Å². The fourth-order valence-electron chi connectivity index (χ4n) is 4.18. The Morgan fingerprint density at radius 3 is 2.44 bits per heavy atom. The van der Waals surface area contributed by atoms with Crippen molar-refractivity contribution >= 4 is 27.5 Å². The van der Waals surface area contributed by atoms with Gasteiger partial charge in [-0.15, -0.1) is 0 Å². The summed E-state index contributed by atoms with van der Waals surface area (Å²) >= 11 is 0. The molecule has 3 rings (SSSR count). The number of nitrogens with zero attached hydrogens (tertiary/aromatic N) is 2. The number of anilines is 1. The molecule has 0 spiro atoms. The Balaban J connectivity index is 2.02. The van der Waals surface area contributed by atoms with Crippen molar-refractivity contribution in [2.75, 3.05) is 24.5 Å². The van der Waals surface area contributed by atoms with Crippen LogP contribution in [0.3, 0.4) is 0 Å². The smallest absolute Gasteiger partial charge is 0.247 e. The first-order chi connectivity index (χ1) is 16.0. The third-order valence-corrected chi connectivity index (χ3v) is 8.08. The van der Waals surface area contributed by atoms with E-state index in [9.17, 15) is 18.0 Å². The quantitative estimate of drug-likeness (QED) is 0.620. The number of amides is 2. The topological polar surface area (TPSA) is 86.8 Å². The number of carbonyl (C=O) groups is 2. The predicted molar refractivity (Wildman–Crippen MR) is 134 cm³/mol. The summed E-state index contributed by atoms with van der Waals surface area (Å²) in [6.07, 6.45) is 1.56. The summed E-state index contributed by atoms with van der Waals surface area (Å²) in [5.74, 6) is -0.402. The van der Waals surface area contributed by atoms with Gasteiger partial charge >= 0.3 is 0 Å². The van der Waals surface area contributed by atoms with Crippen LogP contribution in [0.15, 0.2) is 53.4 Å². The van der Waals surface area contributed by atoms with Gasteiger partial charge in [0.25, 0.3) is 0 Å². The first-order valence-corrected chi connectivity index (χ1v) is 13.2. The molecule has 8 heteroatoms. The van der Waals surface area contributed by atoms with E-state index in [0.717, 1.165) is 28.3 Å². The standard InChI is InChI=1S/C26H35N3O4S/c1-6-21-8-7-9-22(16-21)29-24(30)17-28(34(32,33)23-12-10-20(4)11-13-23)18-26(29,5)25(31)27-15-14-19(2)3/h7-13,16,19H,6,14-15,17-18H2,1-5H3,(H,27,31)/t26-/m0/s1. The number of aryl methyl sites for hydroxylation is 2. The van der Waals surface area contributed by atoms with E-state index in [1.807, 2.05) is 32.0 Å². The summed E-state index contributed by atoms with van der Waals surface area (Å²) < 4.78 is 28.0. The summed E-state index contributed by atoms with van der Waals surface area (Å²) in [6, 6.07) is 14.0. The first kappa shape index (κ1) is 25.9. The summed E-state index contributed by atoms with van der Waals surface area (Å²) in [7, 11) is -3.96. The molecule has 0 unspecified atom stereocenters. The lowest BCUT2D eigenvalue weighted by molar-refractivity contribution is -0.132. The maximum absolute atomic E-state index is 13.5. The number of nitrogens with one attached hydrogen (secondary N) is 1. The van der Waals surface area contributed by atoms with Crippen LogP contribution in [-0.4, -0.2) is 49.7 Å². The third-order valence-electron chi connectivity index (χ3n) is 6.27. The third kappa shape index (κ3) is 5.33. The van der Waals surface area contributed by atoms with Crippen LogP contribution in [0.25, 0.3) is 0 Å². The van der Waals surface area contributed by atoms with Gasteiger partial charge in [-0.3, -0.25) is 14.5 Å². The Hall–Kier alpha value is -2.71. The van der Waals surface area contributed by atoms with Gasteiger partial charge in [0.1, 0.15) is 5.54 Å². The molecule has 2 amide bonds. The fraction of sp³-hybridized carbons (Fsp3) is 0.462. The second-order valence-electron chi connectivity index (χ2n) is 9.55. The van der Waals surface area contributed by atoms with Gasteiger partial charge in [0.2, 0.25) is 21.8 Å². The highest BCUT2D eigenvalue weighted by Crippen LogP contribution is 2.33. The van der Waals surface area contributed by atoms with Gasteiger partial charge in [-0.2, -0.15) is 4.31 Å². The van der Waals surface area contributed by atoms with Gasteiger partial charge < -0.3 is 5.32 Å². The Kier molecular flexibility index (Phi) is 7.83. The first-order valence-electron chi connectivity index (χ1n) is 11.8. The maximum atomic E-state index is 13.5. The van der Waals surface area contributed by atoms with E-state index in [4.69, 9.17) is 0 Å². The van der Waals surface area contributed by atoms with Crippen molar-refractivity contribution in [1.29, 1.82) is 0 Å². The number of carbonyl (C=O) groups excluding carboxylic acids is 2. The van der Waals surface area contributed by atoms with Crippen LogP contribution in [0.1, 0.15) is 45.2 Å². The second-order valence-corrected chi connectivity index (χ2v) is 11.5. The van der Waals surface area contributed by atoms with Gasteiger partial charge in [-0.1, -0.05) is 50.6 Å². The Bertz CT molecular complexity index is 1140. The monoisotopic (exact) mass is 485 g/mol. The summed E-state index contributed by atoms with van der Waals surface area (Å²) in [5, 5.41) is 2.94. The van der Waals surface area contributed by atoms with Crippen molar-refractivity contribution in [3.63, 3.8) is 0 Å². The Morgan fingerprint density at radius 2 is 1.82 bits per heavy atom. The van der Waals surface area contributed by atoms with Gasteiger partial charge in [0.15, 0.2) is 0 Å². The highest BCUT2D eigenvalue weighted by Gasteiger charge is 2.51. The zero-order chi connectivity index (χ0) is 25.1. The van der Waals surface area contributed by atoms with Crippen LogP contribution in [0.2, 0.25) is 0 Å². The van der Waals surface area contributed by atoms with Crippen LogP contribution >= 0.6 is 0 Å². The molecule has 0 aromatic heterocycles. The minimum atomic E-state index is -3.96. The minimum Gasteiger partial charge on any atom is -0.354 e. The molecule has 34 heavy (non-hydrogen) atoms.